The Morgan fingerprint density at radius 2 is 1.43 bits per heavy atom. The first-order chi connectivity index (χ1) is 13.7. The largest absolute Gasteiger partial charge is 0.204 e. The highest BCUT2D eigenvalue weighted by atomic mass is 19.2. The van der Waals surface area contributed by atoms with Gasteiger partial charge in [-0.1, -0.05) is 51.2 Å². The van der Waals surface area contributed by atoms with Crippen molar-refractivity contribution in [1.29, 1.82) is 0 Å². The molecule has 0 aliphatic heterocycles. The van der Waals surface area contributed by atoms with Crippen molar-refractivity contribution in [3.05, 3.63) is 35.4 Å². The smallest absolute Gasteiger partial charge is 0.162 e. The van der Waals surface area contributed by atoms with E-state index in [9.17, 15) is 8.78 Å². The summed E-state index contributed by atoms with van der Waals surface area (Å²) in [6.07, 6.45) is 17.5. The second-order valence-corrected chi connectivity index (χ2v) is 10.2. The molecule has 0 radical (unpaired) electrons. The summed E-state index contributed by atoms with van der Waals surface area (Å²) in [6, 6.07) is 4.73. The third kappa shape index (κ3) is 4.46. The summed E-state index contributed by atoms with van der Waals surface area (Å²) in [5.74, 6) is 3.43. The lowest BCUT2D eigenvalue weighted by Crippen LogP contribution is -2.34. The van der Waals surface area contributed by atoms with Crippen molar-refractivity contribution in [3.8, 4) is 0 Å². The van der Waals surface area contributed by atoms with E-state index in [1.165, 1.54) is 76.7 Å². The zero-order chi connectivity index (χ0) is 19.5. The second-order valence-electron chi connectivity index (χ2n) is 10.2. The summed E-state index contributed by atoms with van der Waals surface area (Å²) in [7, 11) is 0. The standard InChI is InChI=1S/C26H38F2/c1-2-3-5-18-8-10-19(11-9-18)20-12-13-22-17-23(15-14-21(22)16-20)24-6-4-7-25(27)26(24)28/h4,6-7,18-23H,2-3,5,8-17H2,1H3. The second kappa shape index (κ2) is 9.26. The molecule has 3 aliphatic carbocycles. The highest BCUT2D eigenvalue weighted by Gasteiger charge is 2.39. The number of halogens is 2. The monoisotopic (exact) mass is 388 g/mol. The summed E-state index contributed by atoms with van der Waals surface area (Å²) in [5.41, 5.74) is 0.631. The fourth-order valence-electron chi connectivity index (χ4n) is 6.91. The molecule has 3 fully saturated rings. The Balaban J connectivity index is 1.29. The molecule has 4 atom stereocenters. The zero-order valence-electron chi connectivity index (χ0n) is 17.6. The third-order valence-electron chi connectivity index (χ3n) is 8.60. The van der Waals surface area contributed by atoms with E-state index in [0.717, 1.165) is 42.4 Å². The van der Waals surface area contributed by atoms with Crippen molar-refractivity contribution < 1.29 is 8.78 Å². The van der Waals surface area contributed by atoms with Gasteiger partial charge in [-0.25, -0.2) is 8.78 Å². The maximum absolute atomic E-state index is 14.2. The summed E-state index contributed by atoms with van der Waals surface area (Å²) < 4.78 is 27.9. The van der Waals surface area contributed by atoms with Crippen LogP contribution in [0.1, 0.15) is 102 Å². The van der Waals surface area contributed by atoms with Crippen LogP contribution in [0.5, 0.6) is 0 Å². The van der Waals surface area contributed by atoms with E-state index in [4.69, 9.17) is 0 Å². The molecule has 1 aromatic carbocycles. The number of rotatable bonds is 5. The molecule has 0 bridgehead atoms. The molecule has 3 aliphatic rings. The predicted molar refractivity (Wildman–Crippen MR) is 112 cm³/mol. The number of hydrogen-bond donors (Lipinski definition) is 0. The first-order valence-corrected chi connectivity index (χ1v) is 12.1. The average molecular weight is 389 g/mol. The minimum atomic E-state index is -0.683. The molecular weight excluding hydrogens is 350 g/mol. The van der Waals surface area contributed by atoms with Gasteiger partial charge in [-0.15, -0.1) is 0 Å². The van der Waals surface area contributed by atoms with Crippen molar-refractivity contribution in [2.45, 2.75) is 96.3 Å². The van der Waals surface area contributed by atoms with Gasteiger partial charge >= 0.3 is 0 Å². The molecule has 28 heavy (non-hydrogen) atoms. The van der Waals surface area contributed by atoms with Crippen molar-refractivity contribution >= 4 is 0 Å². The molecule has 0 heterocycles. The van der Waals surface area contributed by atoms with Crippen molar-refractivity contribution in [3.63, 3.8) is 0 Å². The molecule has 4 rings (SSSR count). The van der Waals surface area contributed by atoms with Crippen LogP contribution in [-0.4, -0.2) is 0 Å². The van der Waals surface area contributed by atoms with Gasteiger partial charge in [0.1, 0.15) is 0 Å². The lowest BCUT2D eigenvalue weighted by molar-refractivity contribution is 0.0706. The summed E-state index contributed by atoms with van der Waals surface area (Å²) in [4.78, 5) is 0. The molecular formula is C26H38F2. The summed E-state index contributed by atoms with van der Waals surface area (Å²) in [5, 5.41) is 0. The van der Waals surface area contributed by atoms with Crippen LogP contribution in [-0.2, 0) is 0 Å². The first kappa shape index (κ1) is 20.4. The van der Waals surface area contributed by atoms with Gasteiger partial charge < -0.3 is 0 Å². The highest BCUT2D eigenvalue weighted by Crippen LogP contribution is 2.51. The molecule has 0 spiro atoms. The van der Waals surface area contributed by atoms with E-state index in [2.05, 4.69) is 6.92 Å². The van der Waals surface area contributed by atoms with Gasteiger partial charge in [-0.2, -0.15) is 0 Å². The molecule has 0 aromatic heterocycles. The van der Waals surface area contributed by atoms with Crippen LogP contribution in [0.25, 0.3) is 0 Å². The zero-order valence-corrected chi connectivity index (χ0v) is 17.6. The minimum absolute atomic E-state index is 0.225. The van der Waals surface area contributed by atoms with Gasteiger partial charge in [0, 0.05) is 0 Å². The van der Waals surface area contributed by atoms with Crippen LogP contribution in [0.4, 0.5) is 8.78 Å². The van der Waals surface area contributed by atoms with Crippen molar-refractivity contribution in [2.24, 2.45) is 29.6 Å². The van der Waals surface area contributed by atoms with Crippen LogP contribution in [0.2, 0.25) is 0 Å². The molecule has 4 unspecified atom stereocenters. The maximum Gasteiger partial charge on any atom is 0.162 e. The Bertz CT molecular complexity index is 631. The first-order valence-electron chi connectivity index (χ1n) is 12.1. The topological polar surface area (TPSA) is 0 Å². The van der Waals surface area contributed by atoms with Gasteiger partial charge in [0.15, 0.2) is 11.6 Å². The normalized spacial score (nSPS) is 36.1. The van der Waals surface area contributed by atoms with Crippen LogP contribution in [0, 0.1) is 41.2 Å². The number of unbranched alkanes of at least 4 members (excludes halogenated alkanes) is 1. The van der Waals surface area contributed by atoms with E-state index in [1.54, 1.807) is 6.07 Å². The number of fused-ring (bicyclic) bond motifs is 1. The third-order valence-corrected chi connectivity index (χ3v) is 8.60. The Morgan fingerprint density at radius 1 is 0.786 bits per heavy atom. The van der Waals surface area contributed by atoms with Gasteiger partial charge in [-0.3, -0.25) is 0 Å². The van der Waals surface area contributed by atoms with Crippen LogP contribution < -0.4 is 0 Å². The van der Waals surface area contributed by atoms with Crippen LogP contribution in [0.15, 0.2) is 18.2 Å². The van der Waals surface area contributed by atoms with Crippen LogP contribution in [0.3, 0.4) is 0 Å². The molecule has 0 N–H and O–H groups in total. The van der Waals surface area contributed by atoms with E-state index >= 15 is 0 Å². The Hall–Kier alpha value is -0.920. The quantitative estimate of drug-likeness (QED) is 0.476. The number of benzene rings is 1. The maximum atomic E-state index is 14.2. The lowest BCUT2D eigenvalue weighted by Gasteiger charge is -2.45. The van der Waals surface area contributed by atoms with Crippen molar-refractivity contribution in [2.75, 3.05) is 0 Å². The van der Waals surface area contributed by atoms with Gasteiger partial charge in [0.2, 0.25) is 0 Å². The van der Waals surface area contributed by atoms with Gasteiger partial charge in [0.05, 0.1) is 0 Å². The van der Waals surface area contributed by atoms with E-state index in [1.807, 2.05) is 6.07 Å². The van der Waals surface area contributed by atoms with Crippen molar-refractivity contribution in [1.82, 2.24) is 0 Å². The lowest BCUT2D eigenvalue weighted by atomic mass is 9.60. The summed E-state index contributed by atoms with van der Waals surface area (Å²) >= 11 is 0. The molecule has 3 saturated carbocycles. The SMILES string of the molecule is CCCCC1CCC(C2CCC3CC(c4cccc(F)c4F)CCC3C2)CC1. The van der Waals surface area contributed by atoms with Gasteiger partial charge in [-0.05, 0) is 98.5 Å². The Morgan fingerprint density at radius 3 is 2.18 bits per heavy atom. The molecule has 0 saturated heterocycles. The van der Waals surface area contributed by atoms with Crippen LogP contribution >= 0.6 is 0 Å². The fourth-order valence-corrected chi connectivity index (χ4v) is 6.91. The minimum Gasteiger partial charge on any atom is -0.204 e. The molecule has 1 aromatic rings. The fraction of sp³-hybridized carbons (Fsp3) is 0.769. The number of hydrogen-bond acceptors (Lipinski definition) is 0. The van der Waals surface area contributed by atoms with Gasteiger partial charge in [0.25, 0.3) is 0 Å². The van der Waals surface area contributed by atoms with E-state index in [-0.39, 0.29) is 5.92 Å². The highest BCUT2D eigenvalue weighted by molar-refractivity contribution is 5.24. The molecule has 2 heteroatoms. The average Bonchev–Trinajstić information content (AvgIpc) is 2.74. The molecule has 156 valence electrons. The Labute approximate surface area is 170 Å². The molecule has 0 amide bonds. The predicted octanol–water partition coefficient (Wildman–Crippen LogP) is 8.26. The molecule has 0 nitrogen and oxygen atoms in total. The van der Waals surface area contributed by atoms with E-state index < -0.39 is 11.6 Å². The Kier molecular flexibility index (Phi) is 6.74. The van der Waals surface area contributed by atoms with E-state index in [0.29, 0.717) is 5.56 Å². The summed E-state index contributed by atoms with van der Waals surface area (Å²) in [6.45, 7) is 2.31.